The molecule has 3 heterocycles. The van der Waals surface area contributed by atoms with Crippen LogP contribution in [-0.4, -0.2) is 19.6 Å². The van der Waals surface area contributed by atoms with Crippen molar-refractivity contribution in [2.75, 3.05) is 0 Å². The summed E-state index contributed by atoms with van der Waals surface area (Å²) in [4.78, 5) is 10.4. The van der Waals surface area contributed by atoms with Crippen LogP contribution in [0.4, 0.5) is 0 Å². The summed E-state index contributed by atoms with van der Waals surface area (Å²) in [6.45, 7) is 2.08. The average Bonchev–Trinajstić information content (AvgIpc) is 3.13. The van der Waals surface area contributed by atoms with Gasteiger partial charge in [0.1, 0.15) is 22.1 Å². The van der Waals surface area contributed by atoms with Gasteiger partial charge in [-0.25, -0.2) is 9.97 Å². The lowest BCUT2D eigenvalue weighted by Gasteiger charge is -2.09. The Balaban J connectivity index is 1.52. The molecule has 154 valence electrons. The molecule has 0 aliphatic heterocycles. The molecule has 1 N–H and O–H groups in total. The van der Waals surface area contributed by atoms with Crippen LogP contribution in [0.1, 0.15) is 5.56 Å². The first-order chi connectivity index (χ1) is 15.7. The summed E-state index contributed by atoms with van der Waals surface area (Å²) in [5, 5.41) is 14.4. The summed E-state index contributed by atoms with van der Waals surface area (Å²) in [7, 11) is 0. The molecule has 6 aromatic rings. The minimum absolute atomic E-state index is 0.200. The third-order valence-corrected chi connectivity index (χ3v) is 6.60. The van der Waals surface area contributed by atoms with E-state index in [1.807, 2.05) is 36.5 Å². The predicted octanol–water partition coefficient (Wildman–Crippen LogP) is 6.89. The zero-order valence-electron chi connectivity index (χ0n) is 17.4. The standard InChI is InChI=1S/C27H19N3OS/c1-17-13-14-28-25(15-17)30-22-7-3-2-6-20(22)21-11-10-19(16-23(21)30)32-26-12-9-18-5-4-8-24(31)27(18)29-26/h2-16,31H,1H3. The van der Waals surface area contributed by atoms with Gasteiger partial charge in [0, 0.05) is 27.3 Å². The molecule has 32 heavy (non-hydrogen) atoms. The van der Waals surface area contributed by atoms with Crippen LogP contribution in [0.5, 0.6) is 5.75 Å². The van der Waals surface area contributed by atoms with E-state index in [4.69, 9.17) is 0 Å². The molecule has 4 nitrogen and oxygen atoms in total. The van der Waals surface area contributed by atoms with Crippen molar-refractivity contribution in [1.82, 2.24) is 14.5 Å². The van der Waals surface area contributed by atoms with E-state index in [0.29, 0.717) is 5.52 Å². The summed E-state index contributed by atoms with van der Waals surface area (Å²) in [5.41, 5.74) is 4.04. The van der Waals surface area contributed by atoms with Gasteiger partial charge in [-0.05, 0) is 61.0 Å². The average molecular weight is 434 g/mol. The molecule has 0 spiro atoms. The monoisotopic (exact) mass is 433 g/mol. The third kappa shape index (κ3) is 3.10. The van der Waals surface area contributed by atoms with Crippen molar-refractivity contribution >= 4 is 44.5 Å². The number of benzene rings is 3. The molecule has 6 rings (SSSR count). The molecule has 5 heteroatoms. The van der Waals surface area contributed by atoms with Gasteiger partial charge in [-0.2, -0.15) is 0 Å². The van der Waals surface area contributed by atoms with Crippen LogP contribution in [0.25, 0.3) is 38.5 Å². The Morgan fingerprint density at radius 2 is 1.69 bits per heavy atom. The quantitative estimate of drug-likeness (QED) is 0.330. The van der Waals surface area contributed by atoms with Gasteiger partial charge >= 0.3 is 0 Å². The molecule has 0 fully saturated rings. The largest absolute Gasteiger partial charge is 0.506 e. The number of fused-ring (bicyclic) bond motifs is 4. The highest BCUT2D eigenvalue weighted by Gasteiger charge is 2.14. The normalized spacial score (nSPS) is 11.5. The van der Waals surface area contributed by atoms with E-state index >= 15 is 0 Å². The molecule has 0 amide bonds. The molecular weight excluding hydrogens is 414 g/mol. The number of aromatic nitrogens is 3. The van der Waals surface area contributed by atoms with Gasteiger partial charge in [0.05, 0.1) is 11.0 Å². The predicted molar refractivity (Wildman–Crippen MR) is 131 cm³/mol. The van der Waals surface area contributed by atoms with Crippen LogP contribution in [0.3, 0.4) is 0 Å². The van der Waals surface area contributed by atoms with E-state index in [1.54, 1.807) is 17.8 Å². The molecule has 0 unspecified atom stereocenters. The molecule has 3 aromatic carbocycles. The van der Waals surface area contributed by atoms with Gasteiger partial charge in [-0.15, -0.1) is 0 Å². The molecule has 0 radical (unpaired) electrons. The SMILES string of the molecule is Cc1ccnc(-n2c3ccccc3c3ccc(Sc4ccc5cccc(O)c5n4)cc32)c1. The highest BCUT2D eigenvalue weighted by Crippen LogP contribution is 2.36. The second kappa shape index (κ2) is 7.39. The Hall–Kier alpha value is -3.83. The van der Waals surface area contributed by atoms with E-state index in [-0.39, 0.29) is 5.75 Å². The minimum atomic E-state index is 0.200. The maximum Gasteiger partial charge on any atom is 0.141 e. The Morgan fingerprint density at radius 3 is 2.59 bits per heavy atom. The number of pyridine rings is 2. The van der Waals surface area contributed by atoms with Crippen molar-refractivity contribution < 1.29 is 5.11 Å². The Morgan fingerprint density at radius 1 is 0.812 bits per heavy atom. The van der Waals surface area contributed by atoms with Crippen LogP contribution in [0, 0.1) is 6.92 Å². The van der Waals surface area contributed by atoms with Crippen LogP contribution < -0.4 is 0 Å². The maximum absolute atomic E-state index is 10.2. The van der Waals surface area contributed by atoms with Crippen LogP contribution in [-0.2, 0) is 0 Å². The highest BCUT2D eigenvalue weighted by molar-refractivity contribution is 7.99. The number of aryl methyl sites for hydroxylation is 1. The van der Waals surface area contributed by atoms with Crippen molar-refractivity contribution in [2.24, 2.45) is 0 Å². The topological polar surface area (TPSA) is 50.9 Å². The lowest BCUT2D eigenvalue weighted by Crippen LogP contribution is -1.97. The second-order valence-electron chi connectivity index (χ2n) is 7.82. The number of rotatable bonds is 3. The van der Waals surface area contributed by atoms with Crippen molar-refractivity contribution in [2.45, 2.75) is 16.8 Å². The van der Waals surface area contributed by atoms with Crippen molar-refractivity contribution in [3.8, 4) is 11.6 Å². The van der Waals surface area contributed by atoms with Gasteiger partial charge < -0.3 is 5.11 Å². The van der Waals surface area contributed by atoms with Crippen molar-refractivity contribution in [3.63, 3.8) is 0 Å². The molecule has 0 aliphatic carbocycles. The highest BCUT2D eigenvalue weighted by atomic mass is 32.2. The van der Waals surface area contributed by atoms with E-state index in [9.17, 15) is 5.11 Å². The van der Waals surface area contributed by atoms with Gasteiger partial charge in [0.25, 0.3) is 0 Å². The zero-order chi connectivity index (χ0) is 21.7. The number of phenols is 1. The number of hydrogen-bond donors (Lipinski definition) is 1. The van der Waals surface area contributed by atoms with Gasteiger partial charge in [-0.1, -0.05) is 48.2 Å². The zero-order valence-corrected chi connectivity index (χ0v) is 18.2. The lowest BCUT2D eigenvalue weighted by atomic mass is 10.2. The van der Waals surface area contributed by atoms with Crippen molar-refractivity contribution in [3.05, 3.63) is 96.7 Å². The lowest BCUT2D eigenvalue weighted by molar-refractivity contribution is 0.480. The summed E-state index contributed by atoms with van der Waals surface area (Å²) >= 11 is 1.59. The molecule has 0 saturated heterocycles. The van der Waals surface area contributed by atoms with Crippen molar-refractivity contribution in [1.29, 1.82) is 0 Å². The fraction of sp³-hybridized carbons (Fsp3) is 0.0370. The smallest absolute Gasteiger partial charge is 0.141 e. The first-order valence-corrected chi connectivity index (χ1v) is 11.2. The Bertz CT molecular complexity index is 1640. The van der Waals surface area contributed by atoms with Crippen LogP contribution in [0.2, 0.25) is 0 Å². The van der Waals surface area contributed by atoms with Crippen LogP contribution >= 0.6 is 11.8 Å². The number of nitrogens with zero attached hydrogens (tertiary/aromatic N) is 3. The molecule has 0 saturated carbocycles. The van der Waals surface area contributed by atoms with E-state index in [0.717, 1.165) is 32.2 Å². The number of para-hydroxylation sites is 2. The van der Waals surface area contributed by atoms with E-state index in [1.165, 1.54) is 16.3 Å². The Labute approximate surface area is 189 Å². The molecule has 3 aromatic heterocycles. The summed E-state index contributed by atoms with van der Waals surface area (Å²) < 4.78 is 2.22. The second-order valence-corrected chi connectivity index (χ2v) is 8.92. The molecular formula is C27H19N3OS. The minimum Gasteiger partial charge on any atom is -0.506 e. The summed E-state index contributed by atoms with van der Waals surface area (Å²) in [6.07, 6.45) is 1.86. The molecule has 0 aliphatic rings. The van der Waals surface area contributed by atoms with Gasteiger partial charge in [0.15, 0.2) is 0 Å². The number of hydrogen-bond acceptors (Lipinski definition) is 4. The Kier molecular flexibility index (Phi) is 4.37. The van der Waals surface area contributed by atoms with E-state index < -0.39 is 0 Å². The van der Waals surface area contributed by atoms with Gasteiger partial charge in [-0.3, -0.25) is 4.57 Å². The van der Waals surface area contributed by atoms with Crippen LogP contribution in [0.15, 0.2) is 101 Å². The fourth-order valence-electron chi connectivity index (χ4n) is 4.19. The maximum atomic E-state index is 10.2. The first kappa shape index (κ1) is 18.9. The number of aromatic hydroxyl groups is 1. The fourth-order valence-corrected chi connectivity index (χ4v) is 5.02. The molecule has 0 atom stereocenters. The first-order valence-electron chi connectivity index (χ1n) is 10.4. The molecule has 0 bridgehead atoms. The summed E-state index contributed by atoms with van der Waals surface area (Å²) in [6, 6.07) is 28.5. The third-order valence-electron chi connectivity index (χ3n) is 5.67. The van der Waals surface area contributed by atoms with Gasteiger partial charge in [0.2, 0.25) is 0 Å². The van der Waals surface area contributed by atoms with E-state index in [2.05, 4.69) is 70.0 Å². The summed E-state index contributed by atoms with van der Waals surface area (Å²) in [5.74, 6) is 1.11. The number of phenolic OH excluding ortho intramolecular Hbond substituents is 1.